The van der Waals surface area contributed by atoms with Crippen LogP contribution in [0.2, 0.25) is 5.54 Å². The molecule has 56 heavy (non-hydrogen) atoms. The first-order chi connectivity index (χ1) is 27.5. The van der Waals surface area contributed by atoms with Gasteiger partial charge in [-0.05, 0) is 44.0 Å². The van der Waals surface area contributed by atoms with Crippen LogP contribution in [0.1, 0.15) is 38.5 Å². The highest BCUT2D eigenvalue weighted by molar-refractivity contribution is 7.11. The lowest BCUT2D eigenvalue weighted by Gasteiger charge is -2.50. The van der Waals surface area contributed by atoms with Gasteiger partial charge in [0.25, 0.3) is 25.0 Å². The van der Waals surface area contributed by atoms with E-state index in [0.29, 0.717) is 0 Å². The number of rotatable bonds is 16. The minimum absolute atomic E-state index is 0.00254. The Bertz CT molecular complexity index is 1790. The van der Waals surface area contributed by atoms with Gasteiger partial charge in [0.2, 0.25) is 0 Å². The molecule has 0 heterocycles. The molecule has 7 heteroatoms. The van der Waals surface area contributed by atoms with Gasteiger partial charge in [-0.2, -0.15) is 0 Å². The van der Waals surface area contributed by atoms with Gasteiger partial charge in [-0.25, -0.2) is 0 Å². The molecular formula is C49H52O3Si4. The van der Waals surface area contributed by atoms with Crippen molar-refractivity contribution in [3.05, 3.63) is 219 Å². The zero-order valence-electron chi connectivity index (χ0n) is 32.2. The van der Waals surface area contributed by atoms with E-state index in [1.54, 1.807) is 0 Å². The lowest BCUT2D eigenvalue weighted by molar-refractivity contribution is 0.239. The fourth-order valence-corrected chi connectivity index (χ4v) is 28.9. The van der Waals surface area contributed by atoms with E-state index in [9.17, 15) is 0 Å². The fraction of sp³-hybridized carbons (Fsp3) is 0.143. The van der Waals surface area contributed by atoms with Gasteiger partial charge in [-0.1, -0.05) is 225 Å². The van der Waals surface area contributed by atoms with Crippen LogP contribution in [0.3, 0.4) is 0 Å². The van der Waals surface area contributed by atoms with E-state index >= 15 is 0 Å². The van der Waals surface area contributed by atoms with Crippen LogP contribution in [0, 0.1) is 0 Å². The van der Waals surface area contributed by atoms with Crippen molar-refractivity contribution >= 4 is 64.9 Å². The molecule has 0 amide bonds. The van der Waals surface area contributed by atoms with Crippen LogP contribution in [0.25, 0.3) is 0 Å². The third-order valence-electron chi connectivity index (χ3n) is 11.3. The molecule has 282 valence electrons. The zero-order chi connectivity index (χ0) is 38.7. The second-order valence-corrected chi connectivity index (χ2v) is 28.2. The normalized spacial score (nSPS) is 14.4. The molecular weight excluding hydrogens is 749 g/mol. The van der Waals surface area contributed by atoms with Gasteiger partial charge in [0.15, 0.2) is 0 Å². The maximum Gasteiger partial charge on any atom is 0.474 e. The molecule has 1 aliphatic carbocycles. The van der Waals surface area contributed by atoms with E-state index in [1.165, 1.54) is 12.8 Å². The van der Waals surface area contributed by atoms with E-state index < -0.39 is 33.8 Å². The van der Waals surface area contributed by atoms with Gasteiger partial charge in [0.1, 0.15) is 0 Å². The van der Waals surface area contributed by atoms with E-state index in [-0.39, 0.29) is 5.54 Å². The maximum atomic E-state index is 8.43. The first kappa shape index (κ1) is 39.5. The van der Waals surface area contributed by atoms with Crippen molar-refractivity contribution in [1.29, 1.82) is 0 Å². The molecule has 1 saturated carbocycles. The van der Waals surface area contributed by atoms with E-state index in [2.05, 4.69) is 219 Å². The van der Waals surface area contributed by atoms with Crippen molar-refractivity contribution in [2.75, 3.05) is 0 Å². The summed E-state index contributed by atoms with van der Waals surface area (Å²) in [6.45, 7) is 13.9. The van der Waals surface area contributed by atoms with Crippen molar-refractivity contribution in [3.63, 3.8) is 0 Å². The molecule has 6 aromatic carbocycles. The number of benzene rings is 6. The minimum Gasteiger partial charge on any atom is -0.405 e. The Morgan fingerprint density at radius 3 is 0.750 bits per heavy atom. The molecule has 7 rings (SSSR count). The highest BCUT2D eigenvalue weighted by Gasteiger charge is 2.63. The smallest absolute Gasteiger partial charge is 0.405 e. The van der Waals surface area contributed by atoms with Crippen molar-refractivity contribution in [2.45, 2.75) is 44.1 Å². The Balaban J connectivity index is 1.61. The van der Waals surface area contributed by atoms with E-state index in [4.69, 9.17) is 12.3 Å². The molecule has 0 N–H and O–H groups in total. The van der Waals surface area contributed by atoms with Crippen LogP contribution in [0.15, 0.2) is 219 Å². The summed E-state index contributed by atoms with van der Waals surface area (Å²) in [7, 11) is -14.0. The van der Waals surface area contributed by atoms with Crippen molar-refractivity contribution in [3.8, 4) is 0 Å². The third-order valence-corrected chi connectivity index (χ3v) is 29.1. The van der Waals surface area contributed by atoms with Crippen LogP contribution in [-0.4, -0.2) is 33.8 Å². The molecule has 3 nitrogen and oxygen atoms in total. The zero-order valence-corrected chi connectivity index (χ0v) is 36.2. The van der Waals surface area contributed by atoms with Crippen molar-refractivity contribution in [2.24, 2.45) is 0 Å². The third kappa shape index (κ3) is 7.81. The van der Waals surface area contributed by atoms with Gasteiger partial charge < -0.3 is 12.3 Å². The highest BCUT2D eigenvalue weighted by Crippen LogP contribution is 2.43. The molecule has 0 aliphatic heterocycles. The van der Waals surface area contributed by atoms with Gasteiger partial charge >= 0.3 is 8.80 Å². The molecule has 0 saturated heterocycles. The van der Waals surface area contributed by atoms with Crippen molar-refractivity contribution < 1.29 is 12.3 Å². The Hall–Kier alpha value is -4.71. The summed E-state index contributed by atoms with van der Waals surface area (Å²) in [5.74, 6) is 0. The summed E-state index contributed by atoms with van der Waals surface area (Å²) in [6.07, 6.45) is 6.37. The summed E-state index contributed by atoms with van der Waals surface area (Å²) in [6, 6.07) is 64.1. The van der Waals surface area contributed by atoms with E-state index in [0.717, 1.165) is 56.8 Å². The Morgan fingerprint density at radius 2 is 0.554 bits per heavy atom. The second-order valence-electron chi connectivity index (χ2n) is 14.6. The molecule has 0 radical (unpaired) electrons. The maximum absolute atomic E-state index is 8.43. The Labute approximate surface area is 338 Å². The summed E-state index contributed by atoms with van der Waals surface area (Å²) in [5, 5.41) is 6.64. The number of hydrogen-bond acceptors (Lipinski definition) is 3. The molecule has 1 aliphatic rings. The van der Waals surface area contributed by atoms with Crippen molar-refractivity contribution in [1.82, 2.24) is 0 Å². The number of hydrogen-bond donors (Lipinski definition) is 0. The molecule has 0 aromatic heterocycles. The Kier molecular flexibility index (Phi) is 12.7. The van der Waals surface area contributed by atoms with Crippen LogP contribution in [0.4, 0.5) is 0 Å². The fourth-order valence-electron chi connectivity index (χ4n) is 8.42. The van der Waals surface area contributed by atoms with Crippen LogP contribution in [0.5, 0.6) is 0 Å². The summed E-state index contributed by atoms with van der Waals surface area (Å²) < 4.78 is 25.3. The van der Waals surface area contributed by atoms with Gasteiger partial charge in [0.05, 0.1) is 0 Å². The first-order valence-electron chi connectivity index (χ1n) is 19.9. The molecule has 1 fully saturated rings. The Morgan fingerprint density at radius 1 is 0.339 bits per heavy atom. The minimum atomic E-state index is -4.02. The topological polar surface area (TPSA) is 27.7 Å². The molecule has 0 unspecified atom stereocenters. The highest BCUT2D eigenvalue weighted by atomic mass is 28.5. The SMILES string of the molecule is C=C[Si](O[Si](O[Si](C=C)(c1ccccc1)c1ccccc1)(O[Si](C=C)(c1ccccc1)c1ccccc1)C1CCCCCC1)(c1ccccc1)c1ccccc1. The van der Waals surface area contributed by atoms with Gasteiger partial charge in [-0.15, -0.1) is 19.7 Å². The average molecular weight is 801 g/mol. The monoisotopic (exact) mass is 800 g/mol. The predicted molar refractivity (Wildman–Crippen MR) is 245 cm³/mol. The lowest BCUT2D eigenvalue weighted by Crippen LogP contribution is -2.77. The molecule has 0 bridgehead atoms. The first-order valence-corrected chi connectivity index (χ1v) is 27.6. The van der Waals surface area contributed by atoms with Crippen LogP contribution >= 0.6 is 0 Å². The van der Waals surface area contributed by atoms with E-state index in [1.807, 2.05) is 0 Å². The largest absolute Gasteiger partial charge is 0.474 e. The second kappa shape index (κ2) is 18.0. The molecule has 6 aromatic rings. The predicted octanol–water partition coefficient (Wildman–Crippen LogP) is 8.15. The van der Waals surface area contributed by atoms with Gasteiger partial charge in [-0.3, -0.25) is 0 Å². The lowest BCUT2D eigenvalue weighted by atomic mass is 10.2. The van der Waals surface area contributed by atoms with Crippen LogP contribution < -0.4 is 31.1 Å². The summed E-state index contributed by atoms with van der Waals surface area (Å²) in [4.78, 5) is 0. The van der Waals surface area contributed by atoms with Crippen LogP contribution in [-0.2, 0) is 12.3 Å². The summed E-state index contributed by atoms with van der Waals surface area (Å²) >= 11 is 0. The quantitative estimate of drug-likeness (QED) is 0.0731. The molecule has 0 atom stereocenters. The average Bonchev–Trinajstić information content (AvgIpc) is 3.59. The molecule has 0 spiro atoms. The standard InChI is InChI=1S/C49H52O3Si4/c1-4-53(43-29-17-9-18-30-43,44-31-19-10-20-32-44)50-56(49-41-15-7-8-16-42-49,51-54(5-2,45-33-21-11-22-34-45)46-35-23-12-24-36-46)52-55(6-3,47-37-25-13-26-38-47)48-39-27-14-28-40-48/h4-6,9-14,17-40,49H,1-3,7-8,15-16,41-42H2. The summed E-state index contributed by atoms with van der Waals surface area (Å²) in [5.41, 5.74) is 6.32. The van der Waals surface area contributed by atoms with Gasteiger partial charge in [0, 0.05) is 5.54 Å².